The molecule has 4 aliphatic rings. The largest absolute Gasteiger partial charge is 0.506 e. The van der Waals surface area contributed by atoms with Crippen molar-refractivity contribution in [2.24, 2.45) is 5.92 Å². The summed E-state index contributed by atoms with van der Waals surface area (Å²) in [6.07, 6.45) is 5.73. The number of unbranched alkanes of at least 4 members (excludes halogenated alkanes) is 2. The van der Waals surface area contributed by atoms with E-state index in [0.717, 1.165) is 81.6 Å². The van der Waals surface area contributed by atoms with E-state index < -0.39 is 11.6 Å². The Hall–Kier alpha value is -4.22. The van der Waals surface area contributed by atoms with Gasteiger partial charge in [0.25, 0.3) is 0 Å². The molecular weight excluding hydrogens is 632 g/mol. The van der Waals surface area contributed by atoms with E-state index in [1.54, 1.807) is 12.1 Å². The summed E-state index contributed by atoms with van der Waals surface area (Å²) in [6.45, 7) is 5.29. The number of carbonyl (C=O) groups excluding carboxylic acids is 1. The maximum atomic E-state index is 14.0. The smallest absolute Gasteiger partial charge is 0.331 e. The number of aliphatic hydroxyl groups is 1. The molecule has 1 aromatic heterocycles. The highest BCUT2D eigenvalue weighted by molar-refractivity contribution is 5.87. The molecule has 3 aromatic carbocycles. The number of phenolic OH excluding ortho intramolecular Hbond substituents is 1. The molecule has 2 bridgehead atoms. The van der Waals surface area contributed by atoms with Crippen molar-refractivity contribution in [3.05, 3.63) is 105 Å². The lowest BCUT2D eigenvalue weighted by Crippen LogP contribution is -2.55. The number of aromatic amines is 1. The van der Waals surface area contributed by atoms with Crippen LogP contribution < -0.4 is 20.9 Å². The highest BCUT2D eigenvalue weighted by Gasteiger charge is 2.48. The Morgan fingerprint density at radius 2 is 1.88 bits per heavy atom. The quantitative estimate of drug-likeness (QED) is 0.0897. The number of aliphatic hydroxyl groups excluding tert-OH is 1. The fourth-order valence-corrected chi connectivity index (χ4v) is 7.98. The van der Waals surface area contributed by atoms with Crippen molar-refractivity contribution in [3.63, 3.8) is 0 Å². The van der Waals surface area contributed by atoms with Crippen molar-refractivity contribution in [2.45, 2.75) is 69.2 Å². The number of aryl methyl sites for hydroxylation is 1. The number of carbonyl (C=O) groups is 1. The molecule has 4 aromatic rings. The first-order valence-corrected chi connectivity index (χ1v) is 18.1. The van der Waals surface area contributed by atoms with Crippen LogP contribution in [0.5, 0.6) is 11.5 Å². The number of nitrogens with one attached hydrogen (secondary N) is 3. The summed E-state index contributed by atoms with van der Waals surface area (Å²) in [5, 5.41) is 28.4. The molecule has 10 heteroatoms. The van der Waals surface area contributed by atoms with Crippen LogP contribution in [0.4, 0.5) is 0 Å². The fourth-order valence-electron chi connectivity index (χ4n) is 7.98. The third-order valence-corrected chi connectivity index (χ3v) is 10.8. The minimum Gasteiger partial charge on any atom is -0.506 e. The molecule has 0 spiro atoms. The average molecular weight is 681 g/mol. The summed E-state index contributed by atoms with van der Waals surface area (Å²) >= 11 is 0. The zero-order valence-corrected chi connectivity index (χ0v) is 28.5. The van der Waals surface area contributed by atoms with Gasteiger partial charge >= 0.3 is 5.97 Å². The molecule has 8 rings (SSSR count). The number of rotatable bonds is 15. The Kier molecular flexibility index (Phi) is 10.5. The minimum atomic E-state index is -0.859. The van der Waals surface area contributed by atoms with Gasteiger partial charge in [-0.15, -0.1) is 0 Å². The molecule has 4 heterocycles. The Labute approximate surface area is 292 Å². The zero-order valence-electron chi connectivity index (χ0n) is 28.5. The molecule has 3 aliphatic heterocycles. The van der Waals surface area contributed by atoms with Gasteiger partial charge in [-0.25, -0.2) is 4.79 Å². The number of nitrogens with zero attached hydrogens (tertiary/aromatic N) is 1. The molecule has 264 valence electrons. The molecule has 2 unspecified atom stereocenters. The topological polar surface area (TPSA) is 136 Å². The SMILES string of the molecule is O=C(O[C@H]1CN2CCC1CC2)C1(NCc2cccc(OCCCCCNCC(O)c3ccc(O)c4[nH]c(=O)ccc34)c2)CCc2ccccc21. The van der Waals surface area contributed by atoms with Crippen LogP contribution in [0, 0.1) is 5.92 Å². The Morgan fingerprint density at radius 1 is 1.02 bits per heavy atom. The molecular formula is C40H48N4O6. The lowest BCUT2D eigenvalue weighted by molar-refractivity contribution is -0.167. The number of pyridine rings is 1. The maximum Gasteiger partial charge on any atom is 0.331 e. The fraction of sp³-hybridized carbons (Fsp3) is 0.450. The number of esters is 1. The van der Waals surface area contributed by atoms with Crippen molar-refractivity contribution in [1.82, 2.24) is 20.5 Å². The van der Waals surface area contributed by atoms with E-state index >= 15 is 0 Å². The van der Waals surface area contributed by atoms with Crippen LogP contribution >= 0.6 is 0 Å². The molecule has 3 fully saturated rings. The van der Waals surface area contributed by atoms with Crippen molar-refractivity contribution in [3.8, 4) is 11.5 Å². The second kappa shape index (κ2) is 15.3. The van der Waals surface area contributed by atoms with E-state index in [9.17, 15) is 19.8 Å². The lowest BCUT2D eigenvalue weighted by atomic mass is 9.85. The van der Waals surface area contributed by atoms with Gasteiger partial charge in [0.2, 0.25) is 5.56 Å². The van der Waals surface area contributed by atoms with Crippen LogP contribution in [0.25, 0.3) is 10.9 Å². The normalized spacial score (nSPS) is 23.1. The number of piperidine rings is 3. The van der Waals surface area contributed by atoms with E-state index in [1.165, 1.54) is 17.7 Å². The molecule has 0 saturated carbocycles. The van der Waals surface area contributed by atoms with Gasteiger partial charge in [-0.2, -0.15) is 0 Å². The van der Waals surface area contributed by atoms with E-state index in [0.29, 0.717) is 48.5 Å². The van der Waals surface area contributed by atoms with Gasteiger partial charge in [0.05, 0.1) is 18.2 Å². The molecule has 1 aliphatic carbocycles. The van der Waals surface area contributed by atoms with Crippen molar-refractivity contribution in [2.75, 3.05) is 39.3 Å². The van der Waals surface area contributed by atoms with Crippen LogP contribution in [0.2, 0.25) is 0 Å². The van der Waals surface area contributed by atoms with Gasteiger partial charge in [-0.3, -0.25) is 15.0 Å². The first kappa shape index (κ1) is 34.2. The van der Waals surface area contributed by atoms with Crippen molar-refractivity contribution in [1.29, 1.82) is 0 Å². The maximum absolute atomic E-state index is 14.0. The number of aromatic hydroxyl groups is 1. The predicted octanol–water partition coefficient (Wildman–Crippen LogP) is 4.67. The molecule has 3 saturated heterocycles. The Balaban J connectivity index is 0.866. The number of aromatic nitrogens is 1. The van der Waals surface area contributed by atoms with E-state index in [-0.39, 0.29) is 23.4 Å². The summed E-state index contributed by atoms with van der Waals surface area (Å²) in [5.41, 5.74) is 3.12. The van der Waals surface area contributed by atoms with E-state index in [1.807, 2.05) is 30.3 Å². The standard InChI is InChI=1S/C40H48N4O6/c45-34-13-11-31(32-12-14-37(47)43-38(32)34)35(46)25-41-19-4-1-5-22-49-30-9-6-7-27(23-30)24-42-40(18-15-28-8-2-3-10-33(28)40)39(48)50-36-26-44-20-16-29(36)17-21-44/h2-3,6-14,23,29,35-36,41-42,45-46H,1,4-5,15-22,24-26H2,(H,43,47)/t35?,36-,40?/m0/s1. The number of hydrogen-bond acceptors (Lipinski definition) is 9. The summed E-state index contributed by atoms with van der Waals surface area (Å²) in [5.74, 6) is 1.10. The number of benzene rings is 3. The van der Waals surface area contributed by atoms with Gasteiger partial charge in [-0.05, 0) is 117 Å². The van der Waals surface area contributed by atoms with Crippen molar-refractivity contribution < 1.29 is 24.5 Å². The predicted molar refractivity (Wildman–Crippen MR) is 192 cm³/mol. The minimum absolute atomic E-state index is 0.0208. The molecule has 5 N–H and O–H groups in total. The number of H-pyrrole nitrogens is 1. The average Bonchev–Trinajstić information content (AvgIpc) is 3.52. The highest BCUT2D eigenvalue weighted by Crippen LogP contribution is 2.40. The molecule has 0 amide bonds. The first-order chi connectivity index (χ1) is 24.4. The monoisotopic (exact) mass is 680 g/mol. The summed E-state index contributed by atoms with van der Waals surface area (Å²) in [7, 11) is 0. The summed E-state index contributed by atoms with van der Waals surface area (Å²) in [4.78, 5) is 30.8. The van der Waals surface area contributed by atoms with Crippen LogP contribution in [-0.2, 0) is 28.0 Å². The Bertz CT molecular complexity index is 1850. The van der Waals surface area contributed by atoms with Gasteiger partial charge in [0, 0.05) is 31.1 Å². The van der Waals surface area contributed by atoms with Crippen LogP contribution in [0.15, 0.2) is 77.6 Å². The molecule has 0 radical (unpaired) electrons. The van der Waals surface area contributed by atoms with Gasteiger partial charge in [-0.1, -0.05) is 42.5 Å². The number of hydrogen-bond donors (Lipinski definition) is 5. The van der Waals surface area contributed by atoms with Gasteiger partial charge in [0.15, 0.2) is 0 Å². The second-order valence-electron chi connectivity index (χ2n) is 14.1. The number of fused-ring (bicyclic) bond motifs is 5. The van der Waals surface area contributed by atoms with E-state index in [2.05, 4.69) is 38.7 Å². The third kappa shape index (κ3) is 7.44. The molecule has 50 heavy (non-hydrogen) atoms. The van der Waals surface area contributed by atoms with Crippen LogP contribution in [0.3, 0.4) is 0 Å². The van der Waals surface area contributed by atoms with Gasteiger partial charge in [0.1, 0.15) is 23.1 Å². The van der Waals surface area contributed by atoms with Gasteiger partial charge < -0.3 is 30.0 Å². The summed E-state index contributed by atoms with van der Waals surface area (Å²) in [6, 6.07) is 22.5. The zero-order chi connectivity index (χ0) is 34.5. The second-order valence-corrected chi connectivity index (χ2v) is 14.1. The Morgan fingerprint density at radius 3 is 2.72 bits per heavy atom. The molecule has 3 atom stereocenters. The van der Waals surface area contributed by atoms with Crippen LogP contribution in [-0.4, -0.2) is 71.5 Å². The van der Waals surface area contributed by atoms with E-state index in [4.69, 9.17) is 9.47 Å². The number of phenols is 1. The number of ether oxygens (including phenoxy) is 2. The van der Waals surface area contributed by atoms with Crippen LogP contribution in [0.1, 0.15) is 66.9 Å². The van der Waals surface area contributed by atoms with Crippen molar-refractivity contribution >= 4 is 16.9 Å². The highest BCUT2D eigenvalue weighted by atomic mass is 16.5. The third-order valence-electron chi connectivity index (χ3n) is 10.8. The first-order valence-electron chi connectivity index (χ1n) is 18.1. The lowest BCUT2D eigenvalue weighted by Gasteiger charge is -2.45. The summed E-state index contributed by atoms with van der Waals surface area (Å²) < 4.78 is 12.4. The molecule has 10 nitrogen and oxygen atoms in total.